The van der Waals surface area contributed by atoms with Crippen LogP contribution in [-0.4, -0.2) is 19.9 Å². The van der Waals surface area contributed by atoms with Gasteiger partial charge in [0.2, 0.25) is 0 Å². The first kappa shape index (κ1) is 10.1. The number of rotatable bonds is 2. The molecule has 1 N–H and O–H groups in total. The first-order valence-electron chi connectivity index (χ1n) is 4.45. The fraction of sp³-hybridized carbons (Fsp3) is 0.200. The maximum absolute atomic E-state index is 9.94. The number of aromatic nitrogens is 3. The van der Waals surface area contributed by atoms with Crippen LogP contribution in [0.5, 0.6) is 0 Å². The molecule has 0 saturated heterocycles. The van der Waals surface area contributed by atoms with E-state index in [-0.39, 0.29) is 0 Å². The highest BCUT2D eigenvalue weighted by Crippen LogP contribution is 2.20. The summed E-state index contributed by atoms with van der Waals surface area (Å²) in [5.41, 5.74) is 1.28. The Bertz CT molecular complexity index is 452. The summed E-state index contributed by atoms with van der Waals surface area (Å²) in [6.07, 6.45) is 4.12. The molecule has 5 heteroatoms. The summed E-state index contributed by atoms with van der Waals surface area (Å²) in [6, 6.07) is 3.39. The fourth-order valence-corrected chi connectivity index (χ4v) is 1.41. The van der Waals surface area contributed by atoms with E-state index in [1.807, 2.05) is 0 Å². The molecule has 0 radical (unpaired) electrons. The normalized spacial score (nSPS) is 12.7. The lowest BCUT2D eigenvalue weighted by molar-refractivity contribution is 0.215. The van der Waals surface area contributed by atoms with Crippen LogP contribution >= 0.6 is 11.6 Å². The zero-order valence-electron chi connectivity index (χ0n) is 8.13. The van der Waals surface area contributed by atoms with Crippen molar-refractivity contribution in [1.29, 1.82) is 0 Å². The van der Waals surface area contributed by atoms with Gasteiger partial charge in [0, 0.05) is 25.0 Å². The van der Waals surface area contributed by atoms with Crippen LogP contribution in [0.15, 0.2) is 30.7 Å². The van der Waals surface area contributed by atoms with Crippen molar-refractivity contribution >= 4 is 11.6 Å². The van der Waals surface area contributed by atoms with Gasteiger partial charge in [-0.3, -0.25) is 9.67 Å². The Kier molecular flexibility index (Phi) is 2.70. The summed E-state index contributed by atoms with van der Waals surface area (Å²) in [7, 11) is 1.80. The Labute approximate surface area is 92.1 Å². The minimum absolute atomic E-state index is 0.553. The molecule has 2 heterocycles. The Morgan fingerprint density at radius 1 is 1.40 bits per heavy atom. The molecular weight excluding hydrogens is 214 g/mol. The third-order valence-electron chi connectivity index (χ3n) is 2.07. The van der Waals surface area contributed by atoms with Gasteiger partial charge in [-0.25, -0.2) is 0 Å². The standard InChI is InChI=1S/C10H10ClN3O/c1-14-6-7(4-13-14)10(15)9-3-2-8(11)5-12-9/h2-6,10,15H,1H3. The van der Waals surface area contributed by atoms with Crippen molar-refractivity contribution in [2.45, 2.75) is 6.10 Å². The molecule has 0 amide bonds. The number of hydrogen-bond acceptors (Lipinski definition) is 3. The minimum Gasteiger partial charge on any atom is -0.382 e. The molecule has 0 aliphatic carbocycles. The molecule has 78 valence electrons. The molecule has 2 rings (SSSR count). The van der Waals surface area contributed by atoms with Crippen molar-refractivity contribution in [3.8, 4) is 0 Å². The van der Waals surface area contributed by atoms with Crippen LogP contribution in [0.3, 0.4) is 0 Å². The predicted octanol–water partition coefficient (Wildman–Crippen LogP) is 1.55. The van der Waals surface area contributed by atoms with E-state index >= 15 is 0 Å². The van der Waals surface area contributed by atoms with Gasteiger partial charge in [0.15, 0.2) is 0 Å². The Morgan fingerprint density at radius 3 is 2.73 bits per heavy atom. The van der Waals surface area contributed by atoms with Crippen molar-refractivity contribution in [3.05, 3.63) is 47.0 Å². The zero-order chi connectivity index (χ0) is 10.8. The quantitative estimate of drug-likeness (QED) is 0.841. The SMILES string of the molecule is Cn1cc(C(O)c2ccc(Cl)cn2)cn1. The van der Waals surface area contributed by atoms with Gasteiger partial charge < -0.3 is 5.11 Å². The molecule has 2 aromatic rings. The molecule has 0 bridgehead atoms. The van der Waals surface area contributed by atoms with E-state index in [9.17, 15) is 5.11 Å². The molecule has 15 heavy (non-hydrogen) atoms. The monoisotopic (exact) mass is 223 g/mol. The van der Waals surface area contributed by atoms with Gasteiger partial charge in [0.05, 0.1) is 16.9 Å². The summed E-state index contributed by atoms with van der Waals surface area (Å²) in [6.45, 7) is 0. The maximum Gasteiger partial charge on any atom is 0.124 e. The number of pyridine rings is 1. The van der Waals surface area contributed by atoms with Gasteiger partial charge in [0.1, 0.15) is 6.10 Å². The highest BCUT2D eigenvalue weighted by molar-refractivity contribution is 6.30. The highest BCUT2D eigenvalue weighted by Gasteiger charge is 2.13. The van der Waals surface area contributed by atoms with Crippen LogP contribution in [-0.2, 0) is 7.05 Å². The number of hydrogen-bond donors (Lipinski definition) is 1. The van der Waals surface area contributed by atoms with Crippen LogP contribution in [0, 0.1) is 0 Å². The van der Waals surface area contributed by atoms with Crippen LogP contribution < -0.4 is 0 Å². The lowest BCUT2D eigenvalue weighted by Gasteiger charge is -2.06. The molecule has 0 aliphatic heterocycles. The van der Waals surface area contributed by atoms with Crippen LogP contribution in [0.2, 0.25) is 5.02 Å². The van der Waals surface area contributed by atoms with E-state index < -0.39 is 6.10 Å². The lowest BCUT2D eigenvalue weighted by atomic mass is 10.1. The number of aliphatic hydroxyl groups is 1. The maximum atomic E-state index is 9.94. The molecule has 0 fully saturated rings. The average molecular weight is 224 g/mol. The summed E-state index contributed by atoms with van der Waals surface area (Å²) >= 11 is 5.71. The Hall–Kier alpha value is -1.39. The predicted molar refractivity (Wildman–Crippen MR) is 56.5 cm³/mol. The molecule has 0 aliphatic rings. The average Bonchev–Trinajstić information content (AvgIpc) is 2.65. The largest absolute Gasteiger partial charge is 0.382 e. The second-order valence-corrected chi connectivity index (χ2v) is 3.69. The first-order chi connectivity index (χ1) is 7.16. The third kappa shape index (κ3) is 2.16. The minimum atomic E-state index is -0.754. The van der Waals surface area contributed by atoms with Crippen molar-refractivity contribution in [2.24, 2.45) is 7.05 Å². The molecule has 0 spiro atoms. The van der Waals surface area contributed by atoms with Gasteiger partial charge in [-0.2, -0.15) is 5.10 Å². The second-order valence-electron chi connectivity index (χ2n) is 3.25. The Morgan fingerprint density at radius 2 is 2.20 bits per heavy atom. The highest BCUT2D eigenvalue weighted by atomic mass is 35.5. The van der Waals surface area contributed by atoms with E-state index in [1.165, 1.54) is 6.20 Å². The molecule has 2 aromatic heterocycles. The van der Waals surface area contributed by atoms with Crippen molar-refractivity contribution < 1.29 is 5.11 Å². The van der Waals surface area contributed by atoms with Gasteiger partial charge in [0.25, 0.3) is 0 Å². The molecule has 0 saturated carbocycles. The van der Waals surface area contributed by atoms with Crippen molar-refractivity contribution in [1.82, 2.24) is 14.8 Å². The molecular formula is C10H10ClN3O. The smallest absolute Gasteiger partial charge is 0.124 e. The summed E-state index contributed by atoms with van der Waals surface area (Å²) in [4.78, 5) is 4.04. The van der Waals surface area contributed by atoms with E-state index in [4.69, 9.17) is 11.6 Å². The van der Waals surface area contributed by atoms with Gasteiger partial charge in [-0.15, -0.1) is 0 Å². The second kappa shape index (κ2) is 4.00. The molecule has 4 nitrogen and oxygen atoms in total. The third-order valence-corrected chi connectivity index (χ3v) is 2.29. The van der Waals surface area contributed by atoms with E-state index in [0.717, 1.165) is 0 Å². The number of aliphatic hydroxyl groups excluding tert-OH is 1. The van der Waals surface area contributed by atoms with Crippen LogP contribution in [0.1, 0.15) is 17.4 Å². The fourth-order valence-electron chi connectivity index (χ4n) is 1.30. The van der Waals surface area contributed by atoms with Crippen molar-refractivity contribution in [3.63, 3.8) is 0 Å². The van der Waals surface area contributed by atoms with E-state index in [0.29, 0.717) is 16.3 Å². The summed E-state index contributed by atoms with van der Waals surface area (Å²) in [5.74, 6) is 0. The van der Waals surface area contributed by atoms with Crippen LogP contribution in [0.4, 0.5) is 0 Å². The molecule has 0 aromatic carbocycles. The number of halogens is 1. The number of nitrogens with zero attached hydrogens (tertiary/aromatic N) is 3. The molecule has 1 atom stereocenters. The van der Waals surface area contributed by atoms with Gasteiger partial charge in [-0.1, -0.05) is 11.6 Å². The van der Waals surface area contributed by atoms with Gasteiger partial charge >= 0.3 is 0 Å². The first-order valence-corrected chi connectivity index (χ1v) is 4.82. The molecule has 1 unspecified atom stereocenters. The lowest BCUT2D eigenvalue weighted by Crippen LogP contribution is -2.00. The number of aryl methyl sites for hydroxylation is 1. The van der Waals surface area contributed by atoms with Crippen molar-refractivity contribution in [2.75, 3.05) is 0 Å². The topological polar surface area (TPSA) is 50.9 Å². The summed E-state index contributed by atoms with van der Waals surface area (Å²) < 4.78 is 1.63. The Balaban J connectivity index is 2.28. The van der Waals surface area contributed by atoms with Gasteiger partial charge in [-0.05, 0) is 12.1 Å². The van der Waals surface area contributed by atoms with E-state index in [2.05, 4.69) is 10.1 Å². The van der Waals surface area contributed by atoms with Crippen LogP contribution in [0.25, 0.3) is 0 Å². The zero-order valence-corrected chi connectivity index (χ0v) is 8.89. The van der Waals surface area contributed by atoms with E-state index in [1.54, 1.807) is 36.3 Å². The summed E-state index contributed by atoms with van der Waals surface area (Å²) in [5, 5.41) is 14.5.